The zero-order chi connectivity index (χ0) is 13.8. The normalized spacial score (nSPS) is 12.1. The topological polar surface area (TPSA) is 93.2 Å². The Balaban J connectivity index is 1.94. The summed E-state index contributed by atoms with van der Waals surface area (Å²) in [6.45, 7) is 0. The molecule has 19 heavy (non-hydrogen) atoms. The molecule has 4 N–H and O–H groups in total. The van der Waals surface area contributed by atoms with E-state index in [4.69, 9.17) is 5.73 Å². The van der Waals surface area contributed by atoms with E-state index < -0.39 is 6.04 Å². The Morgan fingerprint density at radius 3 is 2.74 bits per heavy atom. The number of hydrogen-bond donors (Lipinski definition) is 3. The second kappa shape index (κ2) is 5.53. The van der Waals surface area contributed by atoms with E-state index in [2.05, 4.69) is 10.4 Å². The van der Waals surface area contributed by atoms with Gasteiger partial charge in [-0.05, 0) is 24.1 Å². The van der Waals surface area contributed by atoms with Crippen molar-refractivity contribution in [2.75, 3.05) is 5.32 Å². The largest absolute Gasteiger partial charge is 0.508 e. The maximum absolute atomic E-state index is 11.9. The Labute approximate surface area is 110 Å². The number of carbonyl (C=O) groups excluding carboxylic acids is 1. The Kier molecular flexibility index (Phi) is 3.82. The number of hydrogen-bond acceptors (Lipinski definition) is 4. The Hall–Kier alpha value is -2.34. The van der Waals surface area contributed by atoms with Crippen LogP contribution in [-0.2, 0) is 18.3 Å². The standard InChI is InChI=1S/C13H16N4O2/c1-17-8-10(7-15-17)16-13(19)12(14)6-9-2-4-11(18)5-3-9/h2-5,7-8,12,18H,6,14H2,1H3,(H,16,19). The third-order valence-corrected chi connectivity index (χ3v) is 2.70. The summed E-state index contributed by atoms with van der Waals surface area (Å²) in [5.74, 6) is -0.0711. The molecule has 0 saturated heterocycles. The van der Waals surface area contributed by atoms with Gasteiger partial charge in [-0.25, -0.2) is 0 Å². The number of amides is 1. The van der Waals surface area contributed by atoms with Crippen LogP contribution in [0.5, 0.6) is 5.75 Å². The fourth-order valence-electron chi connectivity index (χ4n) is 1.70. The molecule has 2 aromatic rings. The van der Waals surface area contributed by atoms with Crippen molar-refractivity contribution in [1.29, 1.82) is 0 Å². The van der Waals surface area contributed by atoms with Gasteiger partial charge in [-0.3, -0.25) is 9.48 Å². The second-order valence-electron chi connectivity index (χ2n) is 4.37. The fraction of sp³-hybridized carbons (Fsp3) is 0.231. The van der Waals surface area contributed by atoms with Gasteiger partial charge in [0, 0.05) is 13.2 Å². The van der Waals surface area contributed by atoms with E-state index >= 15 is 0 Å². The Morgan fingerprint density at radius 1 is 1.47 bits per heavy atom. The van der Waals surface area contributed by atoms with E-state index in [9.17, 15) is 9.90 Å². The maximum atomic E-state index is 11.9. The number of rotatable bonds is 4. The van der Waals surface area contributed by atoms with Crippen LogP contribution in [0.1, 0.15) is 5.56 Å². The lowest BCUT2D eigenvalue weighted by atomic mass is 10.1. The molecular weight excluding hydrogens is 244 g/mol. The minimum absolute atomic E-state index is 0.192. The number of carbonyl (C=O) groups is 1. The smallest absolute Gasteiger partial charge is 0.241 e. The molecule has 0 spiro atoms. The highest BCUT2D eigenvalue weighted by atomic mass is 16.3. The lowest BCUT2D eigenvalue weighted by Crippen LogP contribution is -2.37. The van der Waals surface area contributed by atoms with Gasteiger partial charge >= 0.3 is 0 Å². The number of anilines is 1. The zero-order valence-corrected chi connectivity index (χ0v) is 10.6. The van der Waals surface area contributed by atoms with Gasteiger partial charge in [-0.15, -0.1) is 0 Å². The summed E-state index contributed by atoms with van der Waals surface area (Å²) in [7, 11) is 1.77. The monoisotopic (exact) mass is 260 g/mol. The molecule has 100 valence electrons. The van der Waals surface area contributed by atoms with Crippen LogP contribution in [0, 0.1) is 0 Å². The van der Waals surface area contributed by atoms with Crippen molar-refractivity contribution in [3.8, 4) is 5.75 Å². The van der Waals surface area contributed by atoms with Gasteiger partial charge < -0.3 is 16.2 Å². The fourth-order valence-corrected chi connectivity index (χ4v) is 1.70. The van der Waals surface area contributed by atoms with Crippen molar-refractivity contribution in [3.63, 3.8) is 0 Å². The number of nitrogens with one attached hydrogen (secondary N) is 1. The average molecular weight is 260 g/mol. The van der Waals surface area contributed by atoms with Crippen molar-refractivity contribution in [2.24, 2.45) is 12.8 Å². The zero-order valence-electron chi connectivity index (χ0n) is 10.6. The highest BCUT2D eigenvalue weighted by molar-refractivity contribution is 5.94. The number of nitrogens with two attached hydrogens (primary N) is 1. The summed E-state index contributed by atoms with van der Waals surface area (Å²) in [5, 5.41) is 15.8. The number of phenols is 1. The van der Waals surface area contributed by atoms with E-state index in [1.54, 1.807) is 48.4 Å². The van der Waals surface area contributed by atoms with Crippen LogP contribution in [0.15, 0.2) is 36.7 Å². The first kappa shape index (κ1) is 13.1. The van der Waals surface area contributed by atoms with Crippen molar-refractivity contribution >= 4 is 11.6 Å². The molecule has 0 fully saturated rings. The quantitative estimate of drug-likeness (QED) is 0.751. The molecule has 1 aromatic carbocycles. The van der Waals surface area contributed by atoms with E-state index in [1.807, 2.05) is 0 Å². The Bertz CT molecular complexity index is 562. The van der Waals surface area contributed by atoms with Crippen LogP contribution in [0.2, 0.25) is 0 Å². The third-order valence-electron chi connectivity index (χ3n) is 2.70. The van der Waals surface area contributed by atoms with Gasteiger partial charge in [0.05, 0.1) is 17.9 Å². The van der Waals surface area contributed by atoms with Crippen molar-refractivity contribution in [2.45, 2.75) is 12.5 Å². The molecule has 0 aliphatic carbocycles. The summed E-state index contributed by atoms with van der Waals surface area (Å²) < 4.78 is 1.60. The highest BCUT2D eigenvalue weighted by Crippen LogP contribution is 2.11. The molecule has 0 aliphatic heterocycles. The predicted octanol–water partition coefficient (Wildman–Crippen LogP) is 0.634. The maximum Gasteiger partial charge on any atom is 0.241 e. The molecule has 2 rings (SSSR count). The molecule has 6 nitrogen and oxygen atoms in total. The number of aromatic hydroxyl groups is 1. The summed E-state index contributed by atoms with van der Waals surface area (Å²) in [5.41, 5.74) is 7.35. The van der Waals surface area contributed by atoms with Gasteiger partial charge in [-0.2, -0.15) is 5.10 Å². The number of benzene rings is 1. The first-order valence-electron chi connectivity index (χ1n) is 5.87. The van der Waals surface area contributed by atoms with Crippen molar-refractivity contribution in [1.82, 2.24) is 9.78 Å². The van der Waals surface area contributed by atoms with Crippen LogP contribution in [-0.4, -0.2) is 26.8 Å². The molecule has 1 heterocycles. The summed E-state index contributed by atoms with van der Waals surface area (Å²) in [4.78, 5) is 11.9. The van der Waals surface area contributed by atoms with E-state index in [-0.39, 0.29) is 11.7 Å². The summed E-state index contributed by atoms with van der Waals surface area (Å²) in [6, 6.07) is 5.98. The SMILES string of the molecule is Cn1cc(NC(=O)C(N)Cc2ccc(O)cc2)cn1. The minimum atomic E-state index is -0.648. The van der Waals surface area contributed by atoms with Crippen LogP contribution < -0.4 is 11.1 Å². The van der Waals surface area contributed by atoms with Gasteiger partial charge in [0.25, 0.3) is 0 Å². The van der Waals surface area contributed by atoms with Gasteiger partial charge in [0.2, 0.25) is 5.91 Å². The third kappa shape index (κ3) is 3.56. The summed E-state index contributed by atoms with van der Waals surface area (Å²) in [6.07, 6.45) is 3.67. The first-order valence-corrected chi connectivity index (χ1v) is 5.87. The van der Waals surface area contributed by atoms with Crippen LogP contribution in [0.4, 0.5) is 5.69 Å². The lowest BCUT2D eigenvalue weighted by Gasteiger charge is -2.11. The molecule has 1 unspecified atom stereocenters. The number of nitrogens with zero attached hydrogens (tertiary/aromatic N) is 2. The molecule has 1 atom stereocenters. The molecule has 1 amide bonds. The van der Waals surface area contributed by atoms with E-state index in [0.29, 0.717) is 12.1 Å². The minimum Gasteiger partial charge on any atom is -0.508 e. The van der Waals surface area contributed by atoms with E-state index in [1.165, 1.54) is 0 Å². The number of aromatic nitrogens is 2. The van der Waals surface area contributed by atoms with Crippen molar-refractivity contribution < 1.29 is 9.90 Å². The van der Waals surface area contributed by atoms with Gasteiger partial charge in [0.1, 0.15) is 5.75 Å². The predicted molar refractivity (Wildman–Crippen MR) is 71.6 cm³/mol. The highest BCUT2D eigenvalue weighted by Gasteiger charge is 2.14. The molecular formula is C13H16N4O2. The van der Waals surface area contributed by atoms with Gasteiger partial charge in [-0.1, -0.05) is 12.1 Å². The number of aryl methyl sites for hydroxylation is 1. The average Bonchev–Trinajstić information content (AvgIpc) is 2.77. The molecule has 0 saturated carbocycles. The molecule has 1 aromatic heterocycles. The molecule has 6 heteroatoms. The second-order valence-corrected chi connectivity index (χ2v) is 4.37. The lowest BCUT2D eigenvalue weighted by molar-refractivity contribution is -0.117. The van der Waals surface area contributed by atoms with Gasteiger partial charge in [0.15, 0.2) is 0 Å². The Morgan fingerprint density at radius 2 is 2.16 bits per heavy atom. The first-order chi connectivity index (χ1) is 9.04. The molecule has 0 aliphatic rings. The van der Waals surface area contributed by atoms with E-state index in [0.717, 1.165) is 5.56 Å². The summed E-state index contributed by atoms with van der Waals surface area (Å²) >= 11 is 0. The molecule has 0 radical (unpaired) electrons. The van der Waals surface area contributed by atoms with Crippen LogP contribution >= 0.6 is 0 Å². The molecule has 0 bridgehead atoms. The van der Waals surface area contributed by atoms with Crippen molar-refractivity contribution in [3.05, 3.63) is 42.2 Å². The number of phenolic OH excluding ortho intramolecular Hbond substituents is 1. The van der Waals surface area contributed by atoms with Crippen LogP contribution in [0.25, 0.3) is 0 Å². The van der Waals surface area contributed by atoms with Crippen LogP contribution in [0.3, 0.4) is 0 Å².